The molecule has 0 aromatic heterocycles. The highest BCUT2D eigenvalue weighted by molar-refractivity contribution is 5.03. The molecule has 1 N–H and O–H groups in total. The van der Waals surface area contributed by atoms with Gasteiger partial charge in [-0.25, -0.2) is 18.1 Å². The SMILES string of the molecule is CCCC1CCC(C(OO)C2CC3CCC(OC)C(F)C3C(F)C2F)CC1. The molecule has 0 bridgehead atoms. The highest BCUT2D eigenvalue weighted by atomic mass is 19.2. The molecule has 3 saturated carbocycles. The first-order valence-electron chi connectivity index (χ1n) is 10.8. The lowest BCUT2D eigenvalue weighted by atomic mass is 9.61. The van der Waals surface area contributed by atoms with Crippen molar-refractivity contribution in [1.29, 1.82) is 0 Å². The molecule has 158 valence electrons. The van der Waals surface area contributed by atoms with Gasteiger partial charge in [0.15, 0.2) is 0 Å². The fourth-order valence-corrected chi connectivity index (χ4v) is 6.17. The zero-order valence-electron chi connectivity index (χ0n) is 16.5. The number of fused-ring (bicyclic) bond motifs is 1. The molecule has 3 fully saturated rings. The second kappa shape index (κ2) is 9.45. The molecule has 0 spiro atoms. The maximum absolute atomic E-state index is 15.0. The average Bonchev–Trinajstić information content (AvgIpc) is 2.67. The topological polar surface area (TPSA) is 38.7 Å². The molecule has 3 nitrogen and oxygen atoms in total. The Bertz CT molecular complexity index is 456. The molecule has 0 radical (unpaired) electrons. The first kappa shape index (κ1) is 21.4. The number of alkyl halides is 3. The Balaban J connectivity index is 1.67. The van der Waals surface area contributed by atoms with Crippen LogP contribution in [0.4, 0.5) is 13.2 Å². The minimum absolute atomic E-state index is 0.0478. The summed E-state index contributed by atoms with van der Waals surface area (Å²) in [6, 6.07) is 0. The molecule has 0 heterocycles. The predicted molar refractivity (Wildman–Crippen MR) is 97.7 cm³/mol. The van der Waals surface area contributed by atoms with Crippen LogP contribution in [0, 0.1) is 29.6 Å². The average molecular weight is 393 g/mol. The normalized spacial score (nSPS) is 46.7. The number of ether oxygens (including phenoxy) is 1. The summed E-state index contributed by atoms with van der Waals surface area (Å²) in [7, 11) is 1.42. The molecule has 6 heteroatoms. The Morgan fingerprint density at radius 1 is 0.963 bits per heavy atom. The Morgan fingerprint density at radius 3 is 2.26 bits per heavy atom. The van der Waals surface area contributed by atoms with Gasteiger partial charge in [0.1, 0.15) is 24.6 Å². The van der Waals surface area contributed by atoms with E-state index in [2.05, 4.69) is 6.92 Å². The zero-order chi connectivity index (χ0) is 19.6. The van der Waals surface area contributed by atoms with Crippen LogP contribution in [0.5, 0.6) is 0 Å². The quantitative estimate of drug-likeness (QED) is 0.477. The van der Waals surface area contributed by atoms with Crippen LogP contribution in [0.3, 0.4) is 0 Å². The van der Waals surface area contributed by atoms with Crippen LogP contribution in [-0.4, -0.2) is 43.1 Å². The summed E-state index contributed by atoms with van der Waals surface area (Å²) in [5, 5.41) is 9.55. The largest absolute Gasteiger partial charge is 0.378 e. The summed E-state index contributed by atoms with van der Waals surface area (Å²) in [5.41, 5.74) is 0. The van der Waals surface area contributed by atoms with Gasteiger partial charge in [-0.1, -0.05) is 32.6 Å². The number of rotatable bonds is 6. The lowest BCUT2D eigenvalue weighted by Gasteiger charge is -2.49. The van der Waals surface area contributed by atoms with E-state index < -0.39 is 42.6 Å². The molecular weight excluding hydrogens is 357 g/mol. The Labute approximate surface area is 160 Å². The van der Waals surface area contributed by atoms with Crippen molar-refractivity contribution >= 4 is 0 Å². The third-order valence-electron chi connectivity index (χ3n) is 7.64. The molecule has 3 rings (SSSR count). The smallest absolute Gasteiger partial charge is 0.137 e. The van der Waals surface area contributed by atoms with Gasteiger partial charge in [0.2, 0.25) is 0 Å². The van der Waals surface area contributed by atoms with Gasteiger partial charge in [-0.3, -0.25) is 5.26 Å². The van der Waals surface area contributed by atoms with Gasteiger partial charge in [0.05, 0.1) is 6.10 Å². The van der Waals surface area contributed by atoms with Crippen LogP contribution < -0.4 is 0 Å². The number of halogens is 3. The van der Waals surface area contributed by atoms with Crippen molar-refractivity contribution in [3.63, 3.8) is 0 Å². The van der Waals surface area contributed by atoms with Gasteiger partial charge in [0, 0.05) is 18.9 Å². The van der Waals surface area contributed by atoms with Gasteiger partial charge in [0.25, 0.3) is 0 Å². The molecule has 0 aromatic carbocycles. The van der Waals surface area contributed by atoms with E-state index >= 15 is 4.39 Å². The molecule has 8 atom stereocenters. The molecule has 27 heavy (non-hydrogen) atoms. The van der Waals surface area contributed by atoms with E-state index in [1.54, 1.807) is 0 Å². The Hall–Kier alpha value is -0.330. The van der Waals surface area contributed by atoms with Gasteiger partial charge in [-0.15, -0.1) is 0 Å². The van der Waals surface area contributed by atoms with E-state index in [4.69, 9.17) is 9.62 Å². The number of hydrogen-bond acceptors (Lipinski definition) is 3. The van der Waals surface area contributed by atoms with Gasteiger partial charge < -0.3 is 4.74 Å². The molecule has 0 aliphatic heterocycles. The van der Waals surface area contributed by atoms with E-state index in [0.717, 1.165) is 32.1 Å². The van der Waals surface area contributed by atoms with E-state index in [1.165, 1.54) is 13.5 Å². The summed E-state index contributed by atoms with van der Waals surface area (Å²) in [4.78, 5) is 4.77. The van der Waals surface area contributed by atoms with E-state index in [1.807, 2.05) is 0 Å². The van der Waals surface area contributed by atoms with Gasteiger partial charge in [-0.2, -0.15) is 0 Å². The Kier molecular flexibility index (Phi) is 7.48. The van der Waals surface area contributed by atoms with Crippen molar-refractivity contribution in [2.75, 3.05) is 7.11 Å². The second-order valence-corrected chi connectivity index (χ2v) is 9.06. The van der Waals surface area contributed by atoms with Crippen molar-refractivity contribution < 1.29 is 28.1 Å². The maximum Gasteiger partial charge on any atom is 0.137 e. The van der Waals surface area contributed by atoms with Crippen molar-refractivity contribution in [3.8, 4) is 0 Å². The summed E-state index contributed by atoms with van der Waals surface area (Å²) >= 11 is 0. The second-order valence-electron chi connectivity index (χ2n) is 9.06. The van der Waals surface area contributed by atoms with E-state index in [9.17, 15) is 14.0 Å². The summed E-state index contributed by atoms with van der Waals surface area (Å²) in [6.45, 7) is 2.18. The number of methoxy groups -OCH3 is 1. The third kappa shape index (κ3) is 4.32. The van der Waals surface area contributed by atoms with Crippen LogP contribution in [0.15, 0.2) is 0 Å². The highest BCUT2D eigenvalue weighted by Gasteiger charge is 2.55. The molecule has 3 aliphatic carbocycles. The highest BCUT2D eigenvalue weighted by Crippen LogP contribution is 2.50. The summed E-state index contributed by atoms with van der Waals surface area (Å²) < 4.78 is 49.8. The minimum atomic E-state index is -1.87. The van der Waals surface area contributed by atoms with E-state index in [0.29, 0.717) is 25.2 Å². The van der Waals surface area contributed by atoms with Crippen LogP contribution in [-0.2, 0) is 9.62 Å². The summed E-state index contributed by atoms with van der Waals surface area (Å²) in [6.07, 6.45) is 1.27. The third-order valence-corrected chi connectivity index (χ3v) is 7.64. The number of hydrogen-bond donors (Lipinski definition) is 1. The molecule has 8 unspecified atom stereocenters. The maximum atomic E-state index is 15.0. The monoisotopic (exact) mass is 392 g/mol. The molecule has 0 aromatic rings. The van der Waals surface area contributed by atoms with Gasteiger partial charge >= 0.3 is 0 Å². The molecular formula is C21H35F3O3. The molecule has 0 amide bonds. The van der Waals surface area contributed by atoms with Crippen molar-refractivity contribution in [2.24, 2.45) is 29.6 Å². The predicted octanol–water partition coefficient (Wildman–Crippen LogP) is 5.53. The lowest BCUT2D eigenvalue weighted by Crippen LogP contribution is -2.56. The molecule has 3 aliphatic rings. The zero-order valence-corrected chi connectivity index (χ0v) is 16.5. The van der Waals surface area contributed by atoms with Crippen molar-refractivity contribution in [2.45, 2.75) is 95.4 Å². The standard InChI is InChI=1S/C21H35F3O3/c1-3-4-12-5-7-13(8-6-12)21(27-25)15-11-14-9-10-16(26-2)19(23)17(14)20(24)18(15)22/h12-21,25H,3-11H2,1-2H3. The first-order valence-corrected chi connectivity index (χ1v) is 10.8. The molecule has 0 saturated heterocycles. The van der Waals surface area contributed by atoms with Crippen LogP contribution >= 0.6 is 0 Å². The van der Waals surface area contributed by atoms with Crippen molar-refractivity contribution in [1.82, 2.24) is 0 Å². The summed E-state index contributed by atoms with van der Waals surface area (Å²) in [5.74, 6) is -1.13. The minimum Gasteiger partial charge on any atom is -0.378 e. The fourth-order valence-electron chi connectivity index (χ4n) is 6.17. The Morgan fingerprint density at radius 2 is 1.67 bits per heavy atom. The van der Waals surface area contributed by atoms with Crippen LogP contribution in [0.2, 0.25) is 0 Å². The lowest BCUT2D eigenvalue weighted by molar-refractivity contribution is -0.315. The van der Waals surface area contributed by atoms with Gasteiger partial charge in [-0.05, 0) is 49.9 Å². The first-order chi connectivity index (χ1) is 13.0. The van der Waals surface area contributed by atoms with E-state index in [-0.39, 0.29) is 11.8 Å². The van der Waals surface area contributed by atoms with Crippen molar-refractivity contribution in [3.05, 3.63) is 0 Å². The van der Waals surface area contributed by atoms with Crippen LogP contribution in [0.25, 0.3) is 0 Å². The van der Waals surface area contributed by atoms with Crippen LogP contribution in [0.1, 0.15) is 64.7 Å². The fraction of sp³-hybridized carbons (Fsp3) is 1.00.